The molecule has 0 spiro atoms. The predicted octanol–water partition coefficient (Wildman–Crippen LogP) is 4.30. The van der Waals surface area contributed by atoms with Crippen molar-refractivity contribution in [1.29, 1.82) is 0 Å². The maximum Gasteiger partial charge on any atom is 0.298 e. The molecule has 0 saturated carbocycles. The summed E-state index contributed by atoms with van der Waals surface area (Å²) in [5, 5.41) is 3.34. The first kappa shape index (κ1) is 21.5. The van der Waals surface area contributed by atoms with Gasteiger partial charge in [0.1, 0.15) is 11.5 Å². The van der Waals surface area contributed by atoms with Crippen LogP contribution in [0.15, 0.2) is 72.9 Å². The number of nitrogens with zero attached hydrogens (tertiary/aromatic N) is 3. The average Bonchev–Trinajstić information content (AvgIpc) is 3.26. The third-order valence-corrected chi connectivity index (χ3v) is 5.27. The van der Waals surface area contributed by atoms with Crippen LogP contribution in [0.25, 0.3) is 0 Å². The standard InChI is InChI=1S/C24H22N4O3S/c1-30-20-9-4-6-17(14-20)15-22-27-24(32-28-22)31-21-10-5-7-18(16-21)23(29)26-13-11-19-8-2-3-12-25-19/h2-10,12,14,16H,11,13,15H2,1H3,(H,26,29). The fraction of sp³-hybridized carbons (Fsp3) is 0.167. The van der Waals surface area contributed by atoms with Crippen LogP contribution in [0.3, 0.4) is 0 Å². The molecule has 0 unspecified atom stereocenters. The maximum atomic E-state index is 12.5. The lowest BCUT2D eigenvalue weighted by atomic mass is 10.1. The smallest absolute Gasteiger partial charge is 0.298 e. The van der Waals surface area contributed by atoms with Gasteiger partial charge in [0.25, 0.3) is 11.1 Å². The molecule has 32 heavy (non-hydrogen) atoms. The van der Waals surface area contributed by atoms with Crippen LogP contribution in [0.1, 0.15) is 27.4 Å². The van der Waals surface area contributed by atoms with Gasteiger partial charge in [0.15, 0.2) is 5.82 Å². The Bertz CT molecular complexity index is 1180. The van der Waals surface area contributed by atoms with Crippen LogP contribution in [0, 0.1) is 0 Å². The van der Waals surface area contributed by atoms with Crippen molar-refractivity contribution < 1.29 is 14.3 Å². The van der Waals surface area contributed by atoms with Crippen molar-refractivity contribution >= 4 is 17.4 Å². The molecule has 4 rings (SSSR count). The normalized spacial score (nSPS) is 10.5. The van der Waals surface area contributed by atoms with E-state index < -0.39 is 0 Å². The van der Waals surface area contributed by atoms with Crippen molar-refractivity contribution in [1.82, 2.24) is 19.7 Å². The number of benzene rings is 2. The molecule has 2 aromatic heterocycles. The quantitative estimate of drug-likeness (QED) is 0.413. The SMILES string of the molecule is COc1cccc(Cc2nsc(Oc3cccc(C(=O)NCCc4ccccn4)c3)n2)c1. The summed E-state index contributed by atoms with van der Waals surface area (Å²) < 4.78 is 15.5. The fourth-order valence-electron chi connectivity index (χ4n) is 3.07. The monoisotopic (exact) mass is 446 g/mol. The molecule has 0 aliphatic carbocycles. The van der Waals surface area contributed by atoms with Crippen molar-refractivity contribution in [2.45, 2.75) is 12.8 Å². The maximum absolute atomic E-state index is 12.5. The fourth-order valence-corrected chi connectivity index (χ4v) is 3.64. The largest absolute Gasteiger partial charge is 0.497 e. The number of rotatable bonds is 9. The minimum Gasteiger partial charge on any atom is -0.497 e. The Morgan fingerprint density at radius 3 is 2.75 bits per heavy atom. The molecule has 1 amide bonds. The summed E-state index contributed by atoms with van der Waals surface area (Å²) in [7, 11) is 1.64. The summed E-state index contributed by atoms with van der Waals surface area (Å²) in [6, 6.07) is 20.5. The third kappa shape index (κ3) is 5.89. The number of hydrogen-bond donors (Lipinski definition) is 1. The number of amides is 1. The lowest BCUT2D eigenvalue weighted by molar-refractivity contribution is 0.0953. The van der Waals surface area contributed by atoms with Gasteiger partial charge >= 0.3 is 0 Å². The van der Waals surface area contributed by atoms with Crippen molar-refractivity contribution in [3.8, 4) is 16.7 Å². The average molecular weight is 447 g/mol. The molecule has 0 radical (unpaired) electrons. The van der Waals surface area contributed by atoms with E-state index in [-0.39, 0.29) is 5.91 Å². The minimum atomic E-state index is -0.164. The van der Waals surface area contributed by atoms with Crippen LogP contribution in [0.2, 0.25) is 0 Å². The molecule has 4 aromatic rings. The summed E-state index contributed by atoms with van der Waals surface area (Å²) >= 11 is 1.18. The van der Waals surface area contributed by atoms with E-state index in [1.54, 1.807) is 37.6 Å². The number of pyridine rings is 1. The van der Waals surface area contributed by atoms with Crippen LogP contribution in [0.4, 0.5) is 0 Å². The molecule has 1 N–H and O–H groups in total. The van der Waals surface area contributed by atoms with Gasteiger partial charge in [0, 0.05) is 48.4 Å². The first-order valence-corrected chi connectivity index (χ1v) is 10.9. The van der Waals surface area contributed by atoms with E-state index >= 15 is 0 Å². The first-order chi connectivity index (χ1) is 15.7. The van der Waals surface area contributed by atoms with E-state index in [4.69, 9.17) is 9.47 Å². The summed E-state index contributed by atoms with van der Waals surface area (Å²) in [5.74, 6) is 1.83. The van der Waals surface area contributed by atoms with Crippen molar-refractivity contribution in [3.05, 3.63) is 95.6 Å². The Labute approximate surface area is 190 Å². The molecule has 2 aromatic carbocycles. The Hall–Kier alpha value is -3.78. The van der Waals surface area contributed by atoms with Gasteiger partial charge in [0.05, 0.1) is 7.11 Å². The molecular weight excluding hydrogens is 424 g/mol. The highest BCUT2D eigenvalue weighted by atomic mass is 32.1. The van der Waals surface area contributed by atoms with Crippen LogP contribution < -0.4 is 14.8 Å². The number of methoxy groups -OCH3 is 1. The predicted molar refractivity (Wildman–Crippen MR) is 122 cm³/mol. The molecule has 0 atom stereocenters. The lowest BCUT2D eigenvalue weighted by Crippen LogP contribution is -2.25. The van der Waals surface area contributed by atoms with Crippen molar-refractivity contribution in [2.75, 3.05) is 13.7 Å². The molecule has 8 heteroatoms. The van der Waals surface area contributed by atoms with Gasteiger partial charge in [0.2, 0.25) is 0 Å². The molecule has 0 aliphatic heterocycles. The summed E-state index contributed by atoms with van der Waals surface area (Å²) in [4.78, 5) is 21.2. The highest BCUT2D eigenvalue weighted by molar-refractivity contribution is 7.07. The molecular formula is C24H22N4O3S. The zero-order chi connectivity index (χ0) is 22.2. The van der Waals surface area contributed by atoms with Crippen LogP contribution in [0.5, 0.6) is 16.7 Å². The summed E-state index contributed by atoms with van der Waals surface area (Å²) in [5.41, 5.74) is 2.51. The van der Waals surface area contributed by atoms with E-state index in [2.05, 4.69) is 19.7 Å². The highest BCUT2D eigenvalue weighted by Gasteiger charge is 2.11. The van der Waals surface area contributed by atoms with E-state index in [9.17, 15) is 4.79 Å². The molecule has 7 nitrogen and oxygen atoms in total. The summed E-state index contributed by atoms with van der Waals surface area (Å²) in [6.45, 7) is 0.505. The Morgan fingerprint density at radius 2 is 1.91 bits per heavy atom. The molecule has 0 bridgehead atoms. The van der Waals surface area contributed by atoms with Crippen LogP contribution in [-0.2, 0) is 12.8 Å². The van der Waals surface area contributed by atoms with Crippen LogP contribution >= 0.6 is 11.5 Å². The van der Waals surface area contributed by atoms with Gasteiger partial charge < -0.3 is 14.8 Å². The van der Waals surface area contributed by atoms with Gasteiger partial charge in [-0.25, -0.2) is 0 Å². The Morgan fingerprint density at radius 1 is 1.03 bits per heavy atom. The second-order valence-electron chi connectivity index (χ2n) is 6.96. The number of hydrogen-bond acceptors (Lipinski definition) is 7. The van der Waals surface area contributed by atoms with Crippen LogP contribution in [-0.4, -0.2) is 33.9 Å². The van der Waals surface area contributed by atoms with E-state index in [1.807, 2.05) is 42.5 Å². The Kier molecular flexibility index (Phi) is 7.04. The molecule has 2 heterocycles. The van der Waals surface area contributed by atoms with Crippen molar-refractivity contribution in [2.24, 2.45) is 0 Å². The number of aromatic nitrogens is 3. The lowest BCUT2D eigenvalue weighted by Gasteiger charge is -2.07. The highest BCUT2D eigenvalue weighted by Crippen LogP contribution is 2.25. The topological polar surface area (TPSA) is 86.2 Å². The van der Waals surface area contributed by atoms with Gasteiger partial charge in [-0.15, -0.1) is 0 Å². The zero-order valence-corrected chi connectivity index (χ0v) is 18.3. The van der Waals surface area contributed by atoms with Gasteiger partial charge in [-0.3, -0.25) is 9.78 Å². The zero-order valence-electron chi connectivity index (χ0n) is 17.5. The third-order valence-electron chi connectivity index (χ3n) is 4.64. The number of carbonyl (C=O) groups excluding carboxylic acids is 1. The molecule has 0 fully saturated rings. The van der Waals surface area contributed by atoms with Gasteiger partial charge in [-0.1, -0.05) is 24.3 Å². The summed E-state index contributed by atoms with van der Waals surface area (Å²) in [6.07, 6.45) is 2.99. The Balaban J connectivity index is 1.34. The van der Waals surface area contributed by atoms with E-state index in [0.717, 1.165) is 17.0 Å². The molecule has 162 valence electrons. The van der Waals surface area contributed by atoms with Gasteiger partial charge in [-0.05, 0) is 48.0 Å². The second-order valence-corrected chi connectivity index (χ2v) is 7.68. The number of ether oxygens (including phenoxy) is 2. The van der Waals surface area contributed by atoms with Crippen molar-refractivity contribution in [3.63, 3.8) is 0 Å². The van der Waals surface area contributed by atoms with Gasteiger partial charge in [-0.2, -0.15) is 9.36 Å². The molecule has 0 saturated heterocycles. The number of carbonyl (C=O) groups is 1. The second kappa shape index (κ2) is 10.5. The minimum absolute atomic E-state index is 0.164. The van der Waals surface area contributed by atoms with E-state index in [0.29, 0.717) is 41.7 Å². The number of nitrogens with one attached hydrogen (secondary N) is 1. The molecule has 0 aliphatic rings. The first-order valence-electron chi connectivity index (χ1n) is 10.1. The van der Waals surface area contributed by atoms with E-state index in [1.165, 1.54) is 11.5 Å².